The summed E-state index contributed by atoms with van der Waals surface area (Å²) in [5, 5.41) is 8.12. The van der Waals surface area contributed by atoms with Crippen molar-refractivity contribution in [3.63, 3.8) is 0 Å². The molecule has 3 aromatic rings. The standard InChI is InChI=1S/C29H31ClN2OS/c1-28(2,3)22-15-13-20(14-16-22)26(33)21-9-8-10-23(19-21)31-27(34)32-29(17-6-7-18-29)24-11-4-5-12-25(24)30/h4-5,8-16,19H,6-7,17-18H2,1-3H3,(H2,31,32,34). The molecule has 0 bridgehead atoms. The molecule has 0 aromatic heterocycles. The fourth-order valence-corrected chi connectivity index (χ4v) is 5.33. The number of nitrogens with one attached hydrogen (secondary N) is 2. The monoisotopic (exact) mass is 490 g/mol. The van der Waals surface area contributed by atoms with E-state index in [0.717, 1.165) is 42.0 Å². The minimum absolute atomic E-state index is 0.00804. The minimum Gasteiger partial charge on any atom is -0.353 e. The lowest BCUT2D eigenvalue weighted by Crippen LogP contribution is -2.45. The van der Waals surface area contributed by atoms with Crippen LogP contribution in [-0.4, -0.2) is 10.9 Å². The van der Waals surface area contributed by atoms with Gasteiger partial charge in [0.25, 0.3) is 0 Å². The average molecular weight is 491 g/mol. The molecule has 2 N–H and O–H groups in total. The molecule has 4 rings (SSSR count). The maximum atomic E-state index is 13.1. The Balaban J connectivity index is 1.49. The molecular formula is C29H31ClN2OS. The van der Waals surface area contributed by atoms with Crippen LogP contribution in [0.4, 0.5) is 5.69 Å². The predicted molar refractivity (Wildman–Crippen MR) is 146 cm³/mol. The molecule has 1 saturated carbocycles. The summed E-state index contributed by atoms with van der Waals surface area (Å²) in [6, 6.07) is 23.3. The summed E-state index contributed by atoms with van der Waals surface area (Å²) in [7, 11) is 0. The van der Waals surface area contributed by atoms with Gasteiger partial charge in [-0.25, -0.2) is 0 Å². The Bertz CT molecular complexity index is 1190. The molecule has 0 atom stereocenters. The van der Waals surface area contributed by atoms with Crippen LogP contribution in [0, 0.1) is 0 Å². The number of carbonyl (C=O) groups excluding carboxylic acids is 1. The number of hydrogen-bond acceptors (Lipinski definition) is 2. The second-order valence-electron chi connectivity index (χ2n) is 10.1. The zero-order chi connectivity index (χ0) is 24.3. The lowest BCUT2D eigenvalue weighted by atomic mass is 9.86. The summed E-state index contributed by atoms with van der Waals surface area (Å²) >= 11 is 12.2. The van der Waals surface area contributed by atoms with Gasteiger partial charge in [0.2, 0.25) is 0 Å². The first kappa shape index (κ1) is 24.4. The number of ketones is 1. The Labute approximate surface area is 212 Å². The fourth-order valence-electron chi connectivity index (χ4n) is 4.70. The molecule has 0 radical (unpaired) electrons. The molecule has 0 unspecified atom stereocenters. The SMILES string of the molecule is CC(C)(C)c1ccc(C(=O)c2cccc(NC(=S)NC3(c4ccccc4Cl)CCCC3)c2)cc1. The number of hydrogen-bond donors (Lipinski definition) is 2. The normalized spacial score (nSPS) is 15.1. The number of thiocarbonyl (C=S) groups is 1. The van der Waals surface area contributed by atoms with Crippen LogP contribution < -0.4 is 10.6 Å². The van der Waals surface area contributed by atoms with E-state index in [4.69, 9.17) is 23.8 Å². The highest BCUT2D eigenvalue weighted by Crippen LogP contribution is 2.41. The third-order valence-electron chi connectivity index (χ3n) is 6.60. The summed E-state index contributed by atoms with van der Waals surface area (Å²) < 4.78 is 0. The first-order valence-electron chi connectivity index (χ1n) is 11.8. The van der Waals surface area contributed by atoms with E-state index in [1.807, 2.05) is 66.7 Å². The smallest absolute Gasteiger partial charge is 0.193 e. The predicted octanol–water partition coefficient (Wildman–Crippen LogP) is 7.62. The molecule has 5 heteroatoms. The van der Waals surface area contributed by atoms with E-state index < -0.39 is 0 Å². The van der Waals surface area contributed by atoms with Crippen LogP contribution in [0.3, 0.4) is 0 Å². The highest BCUT2D eigenvalue weighted by Gasteiger charge is 2.37. The van der Waals surface area contributed by atoms with Gasteiger partial charge in [-0.2, -0.15) is 0 Å². The van der Waals surface area contributed by atoms with Crippen molar-refractivity contribution in [1.29, 1.82) is 0 Å². The van der Waals surface area contributed by atoms with Gasteiger partial charge in [-0.1, -0.05) is 99.8 Å². The highest BCUT2D eigenvalue weighted by molar-refractivity contribution is 7.80. The second-order valence-corrected chi connectivity index (χ2v) is 10.9. The topological polar surface area (TPSA) is 41.1 Å². The first-order chi connectivity index (χ1) is 16.2. The highest BCUT2D eigenvalue weighted by atomic mass is 35.5. The van der Waals surface area contributed by atoms with Gasteiger partial charge in [-0.15, -0.1) is 0 Å². The van der Waals surface area contributed by atoms with E-state index in [9.17, 15) is 4.79 Å². The van der Waals surface area contributed by atoms with Crippen LogP contribution >= 0.6 is 23.8 Å². The molecule has 34 heavy (non-hydrogen) atoms. The van der Waals surface area contributed by atoms with E-state index in [1.165, 1.54) is 5.56 Å². The van der Waals surface area contributed by atoms with Gasteiger partial charge in [0, 0.05) is 21.8 Å². The summed E-state index contributed by atoms with van der Waals surface area (Å²) in [6.45, 7) is 6.49. The van der Waals surface area contributed by atoms with Crippen molar-refractivity contribution in [3.05, 3.63) is 100 Å². The van der Waals surface area contributed by atoms with Gasteiger partial charge >= 0.3 is 0 Å². The van der Waals surface area contributed by atoms with Gasteiger partial charge < -0.3 is 10.6 Å². The van der Waals surface area contributed by atoms with E-state index in [2.05, 4.69) is 37.5 Å². The molecule has 0 heterocycles. The molecule has 0 aliphatic heterocycles. The Kier molecular flexibility index (Phi) is 7.11. The van der Waals surface area contributed by atoms with Crippen LogP contribution in [0.5, 0.6) is 0 Å². The van der Waals surface area contributed by atoms with E-state index in [-0.39, 0.29) is 16.7 Å². The largest absolute Gasteiger partial charge is 0.353 e. The van der Waals surface area contributed by atoms with Gasteiger partial charge in [0.1, 0.15) is 0 Å². The van der Waals surface area contributed by atoms with Crippen LogP contribution in [-0.2, 0) is 11.0 Å². The zero-order valence-electron chi connectivity index (χ0n) is 20.0. The number of anilines is 1. The Morgan fingerprint density at radius 3 is 2.24 bits per heavy atom. The molecular weight excluding hydrogens is 460 g/mol. The van der Waals surface area contributed by atoms with Crippen LogP contribution in [0.1, 0.15) is 73.5 Å². The Morgan fingerprint density at radius 2 is 1.59 bits per heavy atom. The van der Waals surface area contributed by atoms with Crippen molar-refractivity contribution in [2.45, 2.75) is 57.4 Å². The first-order valence-corrected chi connectivity index (χ1v) is 12.6. The van der Waals surface area contributed by atoms with Crippen molar-refractivity contribution in [1.82, 2.24) is 5.32 Å². The summed E-state index contributed by atoms with van der Waals surface area (Å²) in [4.78, 5) is 13.1. The van der Waals surface area contributed by atoms with Crippen LogP contribution in [0.25, 0.3) is 0 Å². The molecule has 0 spiro atoms. The van der Waals surface area contributed by atoms with Crippen molar-refractivity contribution in [2.75, 3.05) is 5.32 Å². The summed E-state index contributed by atoms with van der Waals surface area (Å²) in [5.41, 5.74) is 4.14. The van der Waals surface area contributed by atoms with Crippen molar-refractivity contribution >= 4 is 40.4 Å². The van der Waals surface area contributed by atoms with Gasteiger partial charge in [0.15, 0.2) is 10.9 Å². The van der Waals surface area contributed by atoms with Gasteiger partial charge in [-0.3, -0.25) is 4.79 Å². The summed E-state index contributed by atoms with van der Waals surface area (Å²) in [6.07, 6.45) is 4.20. The molecule has 176 valence electrons. The summed E-state index contributed by atoms with van der Waals surface area (Å²) in [5.74, 6) is -0.00804. The van der Waals surface area contributed by atoms with E-state index >= 15 is 0 Å². The van der Waals surface area contributed by atoms with E-state index in [1.54, 1.807) is 0 Å². The van der Waals surface area contributed by atoms with Crippen molar-refractivity contribution < 1.29 is 4.79 Å². The average Bonchev–Trinajstić information content (AvgIpc) is 3.27. The maximum absolute atomic E-state index is 13.1. The second kappa shape index (κ2) is 9.89. The van der Waals surface area contributed by atoms with Crippen LogP contribution in [0.2, 0.25) is 5.02 Å². The lowest BCUT2D eigenvalue weighted by molar-refractivity contribution is 0.103. The minimum atomic E-state index is -0.273. The third-order valence-corrected chi connectivity index (χ3v) is 7.13. The quantitative estimate of drug-likeness (QED) is 0.285. The third kappa shape index (κ3) is 5.34. The number of rotatable bonds is 5. The van der Waals surface area contributed by atoms with Crippen molar-refractivity contribution in [3.8, 4) is 0 Å². The van der Waals surface area contributed by atoms with Crippen LogP contribution in [0.15, 0.2) is 72.8 Å². The van der Waals surface area contributed by atoms with E-state index in [0.29, 0.717) is 16.2 Å². The van der Waals surface area contributed by atoms with Crippen molar-refractivity contribution in [2.24, 2.45) is 0 Å². The molecule has 3 aromatic carbocycles. The van der Waals surface area contributed by atoms with Gasteiger partial charge in [0.05, 0.1) is 5.54 Å². The Morgan fingerprint density at radius 1 is 0.912 bits per heavy atom. The zero-order valence-corrected chi connectivity index (χ0v) is 21.5. The molecule has 1 fully saturated rings. The lowest BCUT2D eigenvalue weighted by Gasteiger charge is -2.33. The molecule has 0 amide bonds. The number of benzene rings is 3. The molecule has 3 nitrogen and oxygen atoms in total. The number of carbonyl (C=O) groups is 1. The number of halogens is 1. The Hall–Kier alpha value is -2.69. The fraction of sp³-hybridized carbons (Fsp3) is 0.310. The molecule has 1 aliphatic rings. The van der Waals surface area contributed by atoms with Gasteiger partial charge in [-0.05, 0) is 59.8 Å². The molecule has 0 saturated heterocycles. The molecule has 1 aliphatic carbocycles. The maximum Gasteiger partial charge on any atom is 0.193 e.